The molecule has 1 aliphatic carbocycles. The minimum absolute atomic E-state index is 0.555. The highest BCUT2D eigenvalue weighted by atomic mass is 79.9. The summed E-state index contributed by atoms with van der Waals surface area (Å²) in [7, 11) is 0. The second-order valence-corrected chi connectivity index (χ2v) is 7.18. The van der Waals surface area contributed by atoms with E-state index in [-0.39, 0.29) is 0 Å². The maximum absolute atomic E-state index is 5.96. The maximum atomic E-state index is 5.96. The first-order chi connectivity index (χ1) is 10.1. The minimum Gasteiger partial charge on any atom is -0.399 e. The highest BCUT2D eigenvalue weighted by Crippen LogP contribution is 2.43. The fraction of sp³-hybridized carbons (Fsp3) is 0.188. The smallest absolute Gasteiger partial charge is 0.142 e. The van der Waals surface area contributed by atoms with Gasteiger partial charge in [-0.15, -0.1) is 0 Å². The van der Waals surface area contributed by atoms with Crippen molar-refractivity contribution in [3.8, 4) is 11.4 Å². The third-order valence-corrected chi connectivity index (χ3v) is 4.98. The summed E-state index contributed by atoms with van der Waals surface area (Å²) in [5, 5.41) is 0. The lowest BCUT2D eigenvalue weighted by molar-refractivity contribution is 0.775. The third-order valence-electron chi connectivity index (χ3n) is 3.79. The van der Waals surface area contributed by atoms with Crippen LogP contribution in [-0.2, 0) is 0 Å². The Morgan fingerprint density at radius 1 is 1.10 bits per heavy atom. The van der Waals surface area contributed by atoms with Crippen LogP contribution in [0.3, 0.4) is 0 Å². The van der Waals surface area contributed by atoms with E-state index >= 15 is 0 Å². The van der Waals surface area contributed by atoms with Gasteiger partial charge in [0.2, 0.25) is 0 Å². The number of fused-ring (bicyclic) bond motifs is 1. The molecule has 0 spiro atoms. The zero-order valence-electron chi connectivity index (χ0n) is 11.2. The Morgan fingerprint density at radius 2 is 1.90 bits per heavy atom. The second kappa shape index (κ2) is 4.85. The molecule has 1 aliphatic rings. The first-order valence-electron chi connectivity index (χ1n) is 6.86. The monoisotopic (exact) mass is 405 g/mol. The number of hydrogen-bond donors (Lipinski definition) is 1. The van der Waals surface area contributed by atoms with Crippen molar-refractivity contribution in [1.29, 1.82) is 0 Å². The average molecular weight is 407 g/mol. The molecule has 4 rings (SSSR count). The number of imidazole rings is 1. The molecule has 1 saturated carbocycles. The van der Waals surface area contributed by atoms with E-state index in [0.717, 1.165) is 31.5 Å². The number of rotatable bonds is 2. The minimum atomic E-state index is 0.555. The molecule has 5 heteroatoms. The van der Waals surface area contributed by atoms with Gasteiger partial charge in [-0.25, -0.2) is 4.98 Å². The number of aromatic nitrogens is 2. The molecule has 0 bridgehead atoms. The van der Waals surface area contributed by atoms with Gasteiger partial charge >= 0.3 is 0 Å². The largest absolute Gasteiger partial charge is 0.399 e. The van der Waals surface area contributed by atoms with E-state index in [4.69, 9.17) is 10.7 Å². The van der Waals surface area contributed by atoms with Crippen LogP contribution in [0.4, 0.5) is 5.69 Å². The van der Waals surface area contributed by atoms with E-state index in [2.05, 4.69) is 54.6 Å². The highest BCUT2D eigenvalue weighted by Gasteiger charge is 2.29. The number of halogens is 2. The first-order valence-corrected chi connectivity index (χ1v) is 8.45. The van der Waals surface area contributed by atoms with Gasteiger partial charge in [-0.3, -0.25) is 0 Å². The fourth-order valence-corrected chi connectivity index (χ4v) is 3.45. The second-order valence-electron chi connectivity index (χ2n) is 5.41. The molecule has 0 radical (unpaired) electrons. The van der Waals surface area contributed by atoms with Gasteiger partial charge in [-0.1, -0.05) is 31.9 Å². The summed E-state index contributed by atoms with van der Waals surface area (Å²) < 4.78 is 4.42. The van der Waals surface area contributed by atoms with Gasteiger partial charge < -0.3 is 10.3 Å². The molecule has 3 aromatic rings. The molecular weight excluding hydrogens is 394 g/mol. The molecular formula is C16H13Br2N3. The molecule has 1 fully saturated rings. The van der Waals surface area contributed by atoms with Crippen molar-refractivity contribution >= 4 is 48.6 Å². The zero-order chi connectivity index (χ0) is 14.6. The zero-order valence-corrected chi connectivity index (χ0v) is 14.4. The molecule has 1 heterocycles. The lowest BCUT2D eigenvalue weighted by Gasteiger charge is -2.10. The molecule has 2 N–H and O–H groups in total. The Bertz CT molecular complexity index is 850. The standard InChI is InChI=1S/C16H13Br2N3/c17-9-1-6-15-14(7-9)20-16(21(15)11-3-4-11)12-8-10(19)2-5-13(12)18/h1-2,5-8,11H,3-4,19H2. The van der Waals surface area contributed by atoms with Crippen LogP contribution in [0, 0.1) is 0 Å². The number of benzene rings is 2. The lowest BCUT2D eigenvalue weighted by atomic mass is 10.2. The predicted octanol–water partition coefficient (Wildman–Crippen LogP) is 5.15. The summed E-state index contributed by atoms with van der Waals surface area (Å²) in [6.45, 7) is 0. The lowest BCUT2D eigenvalue weighted by Crippen LogP contribution is -1.98. The highest BCUT2D eigenvalue weighted by molar-refractivity contribution is 9.10. The van der Waals surface area contributed by atoms with E-state index in [1.54, 1.807) is 0 Å². The molecule has 0 atom stereocenters. The van der Waals surface area contributed by atoms with Crippen molar-refractivity contribution in [3.05, 3.63) is 45.3 Å². The maximum Gasteiger partial charge on any atom is 0.142 e. The number of anilines is 1. The number of nitrogen functional groups attached to an aromatic ring is 1. The summed E-state index contributed by atoms with van der Waals surface area (Å²) in [6, 6.07) is 12.7. The van der Waals surface area contributed by atoms with Crippen molar-refractivity contribution in [2.45, 2.75) is 18.9 Å². The van der Waals surface area contributed by atoms with Crippen molar-refractivity contribution in [3.63, 3.8) is 0 Å². The summed E-state index contributed by atoms with van der Waals surface area (Å²) in [6.07, 6.45) is 2.43. The Balaban J connectivity index is 2.03. The number of nitrogens with two attached hydrogens (primary N) is 1. The Hall–Kier alpha value is -1.33. The predicted molar refractivity (Wildman–Crippen MR) is 93.3 cm³/mol. The van der Waals surface area contributed by atoms with Crippen LogP contribution >= 0.6 is 31.9 Å². The number of hydrogen-bond acceptors (Lipinski definition) is 2. The first kappa shape index (κ1) is 13.3. The van der Waals surface area contributed by atoms with Gasteiger partial charge in [0.05, 0.1) is 11.0 Å². The van der Waals surface area contributed by atoms with Crippen LogP contribution < -0.4 is 5.73 Å². The SMILES string of the molecule is Nc1ccc(Br)c(-c2nc3cc(Br)ccc3n2C2CC2)c1. The van der Waals surface area contributed by atoms with Crippen molar-refractivity contribution in [1.82, 2.24) is 9.55 Å². The average Bonchev–Trinajstić information content (AvgIpc) is 3.22. The summed E-state index contributed by atoms with van der Waals surface area (Å²) in [5.41, 5.74) is 9.96. The van der Waals surface area contributed by atoms with Crippen LogP contribution in [0.25, 0.3) is 22.4 Å². The summed E-state index contributed by atoms with van der Waals surface area (Å²) in [5.74, 6) is 0.991. The molecule has 0 amide bonds. The summed E-state index contributed by atoms with van der Waals surface area (Å²) >= 11 is 7.15. The van der Waals surface area contributed by atoms with Gasteiger partial charge in [0.15, 0.2) is 0 Å². The third kappa shape index (κ3) is 2.28. The van der Waals surface area contributed by atoms with Gasteiger partial charge in [0.1, 0.15) is 5.82 Å². The normalized spacial score (nSPS) is 14.8. The topological polar surface area (TPSA) is 43.8 Å². The van der Waals surface area contributed by atoms with Gasteiger partial charge in [-0.2, -0.15) is 0 Å². The van der Waals surface area contributed by atoms with Crippen LogP contribution in [0.2, 0.25) is 0 Å². The Morgan fingerprint density at radius 3 is 2.67 bits per heavy atom. The molecule has 106 valence electrons. The van der Waals surface area contributed by atoms with Gasteiger partial charge in [0.25, 0.3) is 0 Å². The van der Waals surface area contributed by atoms with E-state index < -0.39 is 0 Å². The molecule has 1 aromatic heterocycles. The molecule has 21 heavy (non-hydrogen) atoms. The van der Waals surface area contributed by atoms with Crippen molar-refractivity contribution in [2.75, 3.05) is 5.73 Å². The van der Waals surface area contributed by atoms with Crippen LogP contribution in [-0.4, -0.2) is 9.55 Å². The molecule has 3 nitrogen and oxygen atoms in total. The van der Waals surface area contributed by atoms with Crippen LogP contribution in [0.15, 0.2) is 45.3 Å². The molecule has 0 aliphatic heterocycles. The van der Waals surface area contributed by atoms with Crippen molar-refractivity contribution in [2.24, 2.45) is 0 Å². The van der Waals surface area contributed by atoms with Crippen LogP contribution in [0.1, 0.15) is 18.9 Å². The molecule has 0 unspecified atom stereocenters. The quantitative estimate of drug-likeness (QED) is 0.598. The number of nitrogens with zero attached hydrogens (tertiary/aromatic N) is 2. The van der Waals surface area contributed by atoms with E-state index in [1.165, 1.54) is 18.4 Å². The van der Waals surface area contributed by atoms with E-state index in [1.807, 2.05) is 18.2 Å². The fourth-order valence-electron chi connectivity index (χ4n) is 2.68. The van der Waals surface area contributed by atoms with Gasteiger partial charge in [0, 0.05) is 26.2 Å². The van der Waals surface area contributed by atoms with E-state index in [9.17, 15) is 0 Å². The van der Waals surface area contributed by atoms with Crippen molar-refractivity contribution < 1.29 is 0 Å². The Labute approximate surface area is 139 Å². The summed E-state index contributed by atoms with van der Waals surface area (Å²) in [4.78, 5) is 4.85. The van der Waals surface area contributed by atoms with Gasteiger partial charge in [-0.05, 0) is 49.2 Å². The Kier molecular flexibility index (Phi) is 3.08. The van der Waals surface area contributed by atoms with Crippen LogP contribution in [0.5, 0.6) is 0 Å². The molecule has 0 saturated heterocycles. The molecule has 2 aromatic carbocycles. The van der Waals surface area contributed by atoms with E-state index in [0.29, 0.717) is 6.04 Å².